The van der Waals surface area contributed by atoms with Crippen molar-refractivity contribution < 1.29 is 8.81 Å². The van der Waals surface area contributed by atoms with Gasteiger partial charge in [-0.05, 0) is 31.0 Å². The van der Waals surface area contributed by atoms with Gasteiger partial charge >= 0.3 is 0 Å². The third-order valence-corrected chi connectivity index (χ3v) is 3.40. The van der Waals surface area contributed by atoms with Crippen LogP contribution in [0.25, 0.3) is 11.3 Å². The van der Waals surface area contributed by atoms with Crippen LogP contribution in [0.1, 0.15) is 18.7 Å². The Bertz CT molecular complexity index is 581. The first-order valence-corrected chi connectivity index (χ1v) is 6.73. The van der Waals surface area contributed by atoms with Crippen LogP contribution < -0.4 is 5.32 Å². The van der Waals surface area contributed by atoms with E-state index >= 15 is 0 Å². The van der Waals surface area contributed by atoms with Crippen molar-refractivity contribution in [1.29, 1.82) is 0 Å². The van der Waals surface area contributed by atoms with E-state index in [2.05, 4.69) is 10.3 Å². The fourth-order valence-corrected chi connectivity index (χ4v) is 2.06. The molecule has 2 aromatic rings. The van der Waals surface area contributed by atoms with Crippen molar-refractivity contribution in [3.63, 3.8) is 0 Å². The number of benzene rings is 1. The molecule has 1 aliphatic rings. The van der Waals surface area contributed by atoms with E-state index in [-0.39, 0.29) is 5.02 Å². The van der Waals surface area contributed by atoms with E-state index in [1.165, 1.54) is 18.9 Å². The Labute approximate surface area is 115 Å². The van der Waals surface area contributed by atoms with E-state index in [0.717, 1.165) is 18.5 Å². The molecule has 3 nitrogen and oxygen atoms in total. The molecule has 1 aromatic carbocycles. The maximum atomic E-state index is 13.1. The molecule has 1 aliphatic carbocycles. The lowest BCUT2D eigenvalue weighted by Crippen LogP contribution is -2.19. The van der Waals surface area contributed by atoms with Crippen LogP contribution in [0.2, 0.25) is 5.02 Å². The van der Waals surface area contributed by atoms with Crippen LogP contribution >= 0.6 is 11.6 Å². The normalized spacial score (nSPS) is 14.8. The van der Waals surface area contributed by atoms with E-state index in [1.807, 2.05) is 0 Å². The molecule has 0 spiro atoms. The molecule has 0 aliphatic heterocycles. The van der Waals surface area contributed by atoms with E-state index in [1.54, 1.807) is 18.3 Å². The van der Waals surface area contributed by atoms with Crippen LogP contribution in [0.4, 0.5) is 4.39 Å². The molecular weight excluding hydrogens is 267 g/mol. The van der Waals surface area contributed by atoms with Gasteiger partial charge < -0.3 is 9.73 Å². The fourth-order valence-electron chi connectivity index (χ4n) is 1.88. The average molecular weight is 281 g/mol. The molecule has 1 saturated carbocycles. The second-order valence-corrected chi connectivity index (χ2v) is 5.13. The van der Waals surface area contributed by atoms with E-state index < -0.39 is 5.82 Å². The quantitative estimate of drug-likeness (QED) is 0.912. The highest BCUT2D eigenvalue weighted by Crippen LogP contribution is 2.25. The van der Waals surface area contributed by atoms with Crippen LogP contribution in [0.3, 0.4) is 0 Å². The van der Waals surface area contributed by atoms with Crippen molar-refractivity contribution >= 4 is 11.6 Å². The Morgan fingerprint density at radius 3 is 3.00 bits per heavy atom. The minimum atomic E-state index is -0.432. The topological polar surface area (TPSA) is 38.1 Å². The van der Waals surface area contributed by atoms with Crippen LogP contribution in [-0.2, 0) is 6.42 Å². The van der Waals surface area contributed by atoms with Crippen molar-refractivity contribution in [3.05, 3.63) is 41.1 Å². The van der Waals surface area contributed by atoms with Gasteiger partial charge in [-0.1, -0.05) is 11.6 Å². The van der Waals surface area contributed by atoms with E-state index in [9.17, 15) is 4.39 Å². The highest BCUT2D eigenvalue weighted by atomic mass is 35.5. The zero-order valence-electron chi connectivity index (χ0n) is 10.3. The summed E-state index contributed by atoms with van der Waals surface area (Å²) in [6.45, 7) is 0.870. The van der Waals surface area contributed by atoms with Crippen LogP contribution in [0.5, 0.6) is 0 Å². The zero-order valence-corrected chi connectivity index (χ0v) is 11.1. The fraction of sp³-hybridized carbons (Fsp3) is 0.357. The number of aromatic nitrogens is 1. The molecule has 1 aromatic heterocycles. The Hall–Kier alpha value is -1.39. The van der Waals surface area contributed by atoms with Crippen LogP contribution in [0.15, 0.2) is 28.8 Å². The zero-order chi connectivity index (χ0) is 13.2. The second kappa shape index (κ2) is 5.31. The average Bonchev–Trinajstić information content (AvgIpc) is 3.10. The summed E-state index contributed by atoms with van der Waals surface area (Å²) in [7, 11) is 0. The highest BCUT2D eigenvalue weighted by Gasteiger charge is 2.20. The van der Waals surface area contributed by atoms with Crippen molar-refractivity contribution in [3.8, 4) is 11.3 Å². The lowest BCUT2D eigenvalue weighted by atomic mass is 10.2. The minimum absolute atomic E-state index is 0.0888. The first-order valence-electron chi connectivity index (χ1n) is 6.36. The summed E-state index contributed by atoms with van der Waals surface area (Å²) >= 11 is 5.75. The van der Waals surface area contributed by atoms with Gasteiger partial charge in [-0.25, -0.2) is 9.37 Å². The summed E-state index contributed by atoms with van der Waals surface area (Å²) in [5.41, 5.74) is 0.736. The van der Waals surface area contributed by atoms with Crippen LogP contribution in [-0.4, -0.2) is 17.6 Å². The van der Waals surface area contributed by atoms with Gasteiger partial charge in [0.1, 0.15) is 5.82 Å². The lowest BCUT2D eigenvalue weighted by Gasteiger charge is -2.00. The predicted octanol–water partition coefficient (Wildman–Crippen LogP) is 3.43. The number of rotatable bonds is 5. The lowest BCUT2D eigenvalue weighted by molar-refractivity contribution is 0.494. The first kappa shape index (κ1) is 12.6. The van der Waals surface area contributed by atoms with Crippen molar-refractivity contribution in [1.82, 2.24) is 10.3 Å². The molecule has 0 unspecified atom stereocenters. The third kappa shape index (κ3) is 3.14. The van der Waals surface area contributed by atoms with E-state index in [0.29, 0.717) is 17.7 Å². The number of nitrogens with zero attached hydrogens (tertiary/aromatic N) is 1. The number of oxazole rings is 1. The molecule has 1 N–H and O–H groups in total. The number of nitrogens with one attached hydrogen (secondary N) is 1. The van der Waals surface area contributed by atoms with Gasteiger partial charge in [0.25, 0.3) is 0 Å². The molecule has 0 saturated heterocycles. The second-order valence-electron chi connectivity index (χ2n) is 4.73. The molecule has 0 radical (unpaired) electrons. The molecule has 1 fully saturated rings. The predicted molar refractivity (Wildman–Crippen MR) is 71.6 cm³/mol. The SMILES string of the molecule is Fc1ccc(-c2cnc(CCNC3CC3)o2)cc1Cl. The Kier molecular flexibility index (Phi) is 3.53. The van der Waals surface area contributed by atoms with Gasteiger partial charge in [0.05, 0.1) is 11.2 Å². The third-order valence-electron chi connectivity index (χ3n) is 3.11. The Balaban J connectivity index is 1.67. The summed E-state index contributed by atoms with van der Waals surface area (Å²) < 4.78 is 18.7. The summed E-state index contributed by atoms with van der Waals surface area (Å²) in [6, 6.07) is 5.19. The monoisotopic (exact) mass is 280 g/mol. The Morgan fingerprint density at radius 2 is 2.26 bits per heavy atom. The molecule has 5 heteroatoms. The smallest absolute Gasteiger partial charge is 0.196 e. The Morgan fingerprint density at radius 1 is 1.42 bits per heavy atom. The van der Waals surface area contributed by atoms with Crippen LogP contribution in [0, 0.1) is 5.82 Å². The summed E-state index contributed by atoms with van der Waals surface area (Å²) in [5, 5.41) is 3.49. The molecule has 0 atom stereocenters. The molecule has 3 rings (SSSR count). The standard InChI is InChI=1S/C14H14ClFN2O/c15-11-7-9(1-4-12(11)16)13-8-18-14(19-13)5-6-17-10-2-3-10/h1,4,7-8,10,17H,2-3,5-6H2. The molecule has 0 amide bonds. The molecule has 0 bridgehead atoms. The van der Waals surface area contributed by atoms with Gasteiger partial charge in [0.2, 0.25) is 0 Å². The summed E-state index contributed by atoms with van der Waals surface area (Å²) in [5.74, 6) is 0.866. The van der Waals surface area contributed by atoms with Gasteiger partial charge in [0, 0.05) is 24.6 Å². The highest BCUT2D eigenvalue weighted by molar-refractivity contribution is 6.31. The van der Waals surface area contributed by atoms with E-state index in [4.69, 9.17) is 16.0 Å². The number of halogens is 2. The first-order chi connectivity index (χ1) is 9.22. The summed E-state index contributed by atoms with van der Waals surface area (Å²) in [6.07, 6.45) is 4.94. The summed E-state index contributed by atoms with van der Waals surface area (Å²) in [4.78, 5) is 4.22. The number of hydrogen-bond donors (Lipinski definition) is 1. The number of hydrogen-bond acceptors (Lipinski definition) is 3. The van der Waals surface area contributed by atoms with Crippen molar-refractivity contribution in [2.24, 2.45) is 0 Å². The minimum Gasteiger partial charge on any atom is -0.441 e. The van der Waals surface area contributed by atoms with Gasteiger partial charge in [0.15, 0.2) is 11.7 Å². The van der Waals surface area contributed by atoms with Gasteiger partial charge in [-0.15, -0.1) is 0 Å². The van der Waals surface area contributed by atoms with Crippen molar-refractivity contribution in [2.75, 3.05) is 6.54 Å². The molecule has 1 heterocycles. The maximum absolute atomic E-state index is 13.1. The molecular formula is C14H14ClFN2O. The van der Waals surface area contributed by atoms with Gasteiger partial charge in [-0.3, -0.25) is 0 Å². The van der Waals surface area contributed by atoms with Crippen molar-refractivity contribution in [2.45, 2.75) is 25.3 Å². The molecule has 19 heavy (non-hydrogen) atoms. The van der Waals surface area contributed by atoms with Gasteiger partial charge in [-0.2, -0.15) is 0 Å². The molecule has 100 valence electrons. The maximum Gasteiger partial charge on any atom is 0.196 e. The largest absolute Gasteiger partial charge is 0.441 e.